The summed E-state index contributed by atoms with van der Waals surface area (Å²) in [6, 6.07) is 7.80. The van der Waals surface area contributed by atoms with Crippen LogP contribution < -0.4 is 5.32 Å². The molecule has 0 saturated heterocycles. The van der Waals surface area contributed by atoms with Gasteiger partial charge in [0, 0.05) is 23.6 Å². The normalized spacial score (nSPS) is 15.3. The summed E-state index contributed by atoms with van der Waals surface area (Å²) < 4.78 is 5.10. The second-order valence-corrected chi connectivity index (χ2v) is 6.51. The summed E-state index contributed by atoms with van der Waals surface area (Å²) in [5.74, 6) is -0.0231. The summed E-state index contributed by atoms with van der Waals surface area (Å²) in [7, 11) is 0. The Morgan fingerprint density at radius 1 is 1.17 bits per heavy atom. The first kappa shape index (κ1) is 16.6. The van der Waals surface area contributed by atoms with E-state index in [4.69, 9.17) is 4.74 Å². The van der Waals surface area contributed by atoms with Gasteiger partial charge in [-0.1, -0.05) is 37.5 Å². The Bertz CT molecular complexity index is 701. The summed E-state index contributed by atoms with van der Waals surface area (Å²) in [6.45, 7) is 0.493. The lowest BCUT2D eigenvalue weighted by Crippen LogP contribution is -2.33. The molecule has 1 aliphatic rings. The number of ether oxygens (including phenoxy) is 1. The Morgan fingerprint density at radius 2 is 1.96 bits per heavy atom. The van der Waals surface area contributed by atoms with E-state index in [9.17, 15) is 9.59 Å². The van der Waals surface area contributed by atoms with Gasteiger partial charge in [-0.3, -0.25) is 9.59 Å². The van der Waals surface area contributed by atoms with Crippen molar-refractivity contribution in [1.29, 1.82) is 0 Å². The van der Waals surface area contributed by atoms with Crippen LogP contribution in [0.5, 0.6) is 0 Å². The molecule has 0 aliphatic heterocycles. The van der Waals surface area contributed by atoms with Gasteiger partial charge in [-0.15, -0.1) is 0 Å². The van der Waals surface area contributed by atoms with E-state index >= 15 is 0 Å². The largest absolute Gasteiger partial charge is 0.455 e. The topological polar surface area (TPSA) is 71.2 Å². The Labute approximate surface area is 141 Å². The van der Waals surface area contributed by atoms with Crippen LogP contribution in [0.4, 0.5) is 0 Å². The number of amides is 1. The summed E-state index contributed by atoms with van der Waals surface area (Å²) >= 11 is 0. The van der Waals surface area contributed by atoms with Gasteiger partial charge in [0.25, 0.3) is 5.91 Å². The molecule has 1 aromatic heterocycles. The molecule has 128 valence electrons. The van der Waals surface area contributed by atoms with Gasteiger partial charge >= 0.3 is 5.97 Å². The molecule has 5 heteroatoms. The molecule has 1 heterocycles. The Morgan fingerprint density at radius 3 is 2.79 bits per heavy atom. The molecule has 3 rings (SSSR count). The summed E-state index contributed by atoms with van der Waals surface area (Å²) in [6.07, 6.45) is 8.15. The minimum Gasteiger partial charge on any atom is -0.455 e. The summed E-state index contributed by atoms with van der Waals surface area (Å²) in [5, 5.41) is 3.88. The number of esters is 1. The molecule has 1 aromatic carbocycles. The van der Waals surface area contributed by atoms with Gasteiger partial charge in [-0.05, 0) is 30.4 Å². The third-order valence-electron chi connectivity index (χ3n) is 4.69. The van der Waals surface area contributed by atoms with E-state index in [1.807, 2.05) is 30.5 Å². The number of aromatic nitrogens is 1. The molecular formula is C19H24N2O3. The van der Waals surface area contributed by atoms with Crippen LogP contribution in [-0.2, 0) is 20.7 Å². The maximum absolute atomic E-state index is 11.9. The minimum atomic E-state index is -0.382. The maximum Gasteiger partial charge on any atom is 0.310 e. The molecule has 24 heavy (non-hydrogen) atoms. The summed E-state index contributed by atoms with van der Waals surface area (Å²) in [5.41, 5.74) is 1.88. The van der Waals surface area contributed by atoms with Crippen molar-refractivity contribution in [2.24, 2.45) is 5.92 Å². The number of hydrogen-bond donors (Lipinski definition) is 2. The van der Waals surface area contributed by atoms with E-state index in [0.717, 1.165) is 16.5 Å². The molecule has 0 atom stereocenters. The predicted octanol–water partition coefficient (Wildman–Crippen LogP) is 2.95. The highest BCUT2D eigenvalue weighted by Crippen LogP contribution is 2.22. The fourth-order valence-corrected chi connectivity index (χ4v) is 3.33. The quantitative estimate of drug-likeness (QED) is 0.801. The standard InChI is InChI=1S/C19H24N2O3/c22-18(21-11-14-6-2-1-3-7-14)13-24-19(23)10-15-12-20-17-9-5-4-8-16(15)17/h4-5,8-9,12,14,20H,1-3,6-7,10-11,13H2,(H,21,22). The zero-order valence-electron chi connectivity index (χ0n) is 13.8. The van der Waals surface area contributed by atoms with E-state index in [0.29, 0.717) is 12.5 Å². The lowest BCUT2D eigenvalue weighted by atomic mass is 9.89. The molecular weight excluding hydrogens is 304 g/mol. The predicted molar refractivity (Wildman–Crippen MR) is 92.5 cm³/mol. The number of fused-ring (bicyclic) bond motifs is 1. The first-order valence-corrected chi connectivity index (χ1v) is 8.69. The fourth-order valence-electron chi connectivity index (χ4n) is 3.33. The van der Waals surface area contributed by atoms with E-state index in [2.05, 4.69) is 10.3 Å². The minimum absolute atomic E-state index is 0.167. The number of rotatable bonds is 6. The van der Waals surface area contributed by atoms with Gasteiger partial charge in [0.05, 0.1) is 6.42 Å². The number of carbonyl (C=O) groups excluding carboxylic acids is 2. The van der Waals surface area contributed by atoms with Crippen LogP contribution in [0.15, 0.2) is 30.5 Å². The smallest absolute Gasteiger partial charge is 0.310 e. The van der Waals surface area contributed by atoms with Gasteiger partial charge in [0.15, 0.2) is 6.61 Å². The second kappa shape index (κ2) is 7.99. The second-order valence-electron chi connectivity index (χ2n) is 6.51. The molecule has 0 spiro atoms. The van der Waals surface area contributed by atoms with Crippen LogP contribution in [0.1, 0.15) is 37.7 Å². The summed E-state index contributed by atoms with van der Waals surface area (Å²) in [4.78, 5) is 26.9. The van der Waals surface area contributed by atoms with Crippen molar-refractivity contribution < 1.29 is 14.3 Å². The van der Waals surface area contributed by atoms with E-state index in [1.165, 1.54) is 32.1 Å². The highest BCUT2D eigenvalue weighted by molar-refractivity contribution is 5.88. The monoisotopic (exact) mass is 328 g/mol. The zero-order chi connectivity index (χ0) is 16.8. The van der Waals surface area contributed by atoms with Crippen LogP contribution >= 0.6 is 0 Å². The van der Waals surface area contributed by atoms with E-state index in [1.54, 1.807) is 0 Å². The van der Waals surface area contributed by atoms with Crippen LogP contribution in [0.2, 0.25) is 0 Å². The molecule has 1 saturated carbocycles. The van der Waals surface area contributed by atoms with Crippen molar-refractivity contribution >= 4 is 22.8 Å². The lowest BCUT2D eigenvalue weighted by molar-refractivity contribution is -0.147. The van der Waals surface area contributed by atoms with Crippen molar-refractivity contribution in [3.63, 3.8) is 0 Å². The van der Waals surface area contributed by atoms with Crippen LogP contribution in [0, 0.1) is 5.92 Å². The fraction of sp³-hybridized carbons (Fsp3) is 0.474. The van der Waals surface area contributed by atoms with E-state index in [-0.39, 0.29) is 24.9 Å². The zero-order valence-corrected chi connectivity index (χ0v) is 13.8. The molecule has 2 N–H and O–H groups in total. The van der Waals surface area contributed by atoms with Gasteiger partial charge in [-0.2, -0.15) is 0 Å². The van der Waals surface area contributed by atoms with Crippen LogP contribution in [0.25, 0.3) is 10.9 Å². The Hall–Kier alpha value is -2.30. The number of benzene rings is 1. The van der Waals surface area contributed by atoms with Gasteiger partial charge in [0.2, 0.25) is 0 Å². The SMILES string of the molecule is O=C(COC(=O)Cc1c[nH]c2ccccc12)NCC1CCCCC1. The van der Waals surface area contributed by atoms with Gasteiger partial charge in [-0.25, -0.2) is 0 Å². The molecule has 1 amide bonds. The third kappa shape index (κ3) is 4.37. The Kier molecular flexibility index (Phi) is 5.51. The number of H-pyrrole nitrogens is 1. The highest BCUT2D eigenvalue weighted by atomic mass is 16.5. The molecule has 1 aliphatic carbocycles. The number of para-hydroxylation sites is 1. The van der Waals surface area contributed by atoms with Crippen LogP contribution in [-0.4, -0.2) is 30.0 Å². The van der Waals surface area contributed by atoms with Crippen molar-refractivity contribution in [2.75, 3.05) is 13.2 Å². The molecule has 2 aromatic rings. The molecule has 0 radical (unpaired) electrons. The van der Waals surface area contributed by atoms with Crippen LogP contribution in [0.3, 0.4) is 0 Å². The maximum atomic E-state index is 11.9. The van der Waals surface area contributed by atoms with Gasteiger partial charge in [0.1, 0.15) is 0 Å². The van der Waals surface area contributed by atoms with Gasteiger partial charge < -0.3 is 15.0 Å². The highest BCUT2D eigenvalue weighted by Gasteiger charge is 2.15. The molecule has 0 unspecified atom stereocenters. The Balaban J connectivity index is 1.41. The number of nitrogens with one attached hydrogen (secondary N) is 2. The first-order chi connectivity index (χ1) is 11.7. The number of carbonyl (C=O) groups is 2. The number of aromatic amines is 1. The molecule has 0 bridgehead atoms. The average molecular weight is 328 g/mol. The molecule has 1 fully saturated rings. The first-order valence-electron chi connectivity index (χ1n) is 8.69. The third-order valence-corrected chi connectivity index (χ3v) is 4.69. The molecule has 5 nitrogen and oxygen atoms in total. The van der Waals surface area contributed by atoms with Crippen molar-refractivity contribution in [3.05, 3.63) is 36.0 Å². The average Bonchev–Trinajstić information content (AvgIpc) is 3.02. The number of hydrogen-bond acceptors (Lipinski definition) is 3. The van der Waals surface area contributed by atoms with Crippen molar-refractivity contribution in [1.82, 2.24) is 10.3 Å². The van der Waals surface area contributed by atoms with Crippen molar-refractivity contribution in [2.45, 2.75) is 38.5 Å². The van der Waals surface area contributed by atoms with Crippen molar-refractivity contribution in [3.8, 4) is 0 Å². The van der Waals surface area contributed by atoms with E-state index < -0.39 is 0 Å². The lowest BCUT2D eigenvalue weighted by Gasteiger charge is -2.21.